The molecule has 0 bridgehead atoms. The number of nitrogen functional groups attached to an aromatic ring is 1. The summed E-state index contributed by atoms with van der Waals surface area (Å²) in [5.41, 5.74) is 8.10. The van der Waals surface area contributed by atoms with Gasteiger partial charge in [0.25, 0.3) is 0 Å². The van der Waals surface area contributed by atoms with Crippen LogP contribution in [0.2, 0.25) is 0 Å². The van der Waals surface area contributed by atoms with E-state index < -0.39 is 0 Å². The van der Waals surface area contributed by atoms with Crippen LogP contribution in [0.4, 0.5) is 5.69 Å². The molecule has 1 fully saturated rings. The molecule has 1 aromatic rings. The molecule has 1 aliphatic carbocycles. The normalized spacial score (nSPS) is 16.1. The van der Waals surface area contributed by atoms with Crippen LogP contribution in [0.5, 0.6) is 0 Å². The minimum atomic E-state index is 0.927. The van der Waals surface area contributed by atoms with Gasteiger partial charge in [0.05, 0.1) is 0 Å². The van der Waals surface area contributed by atoms with E-state index in [2.05, 4.69) is 19.1 Å². The lowest BCUT2D eigenvalue weighted by Crippen LogP contribution is -1.90. The lowest BCUT2D eigenvalue weighted by Gasteiger charge is -2.05. The summed E-state index contributed by atoms with van der Waals surface area (Å²) in [6.45, 7) is 2.11. The summed E-state index contributed by atoms with van der Waals surface area (Å²) in [5, 5.41) is 0. The Morgan fingerprint density at radius 2 is 2.23 bits per heavy atom. The molecule has 0 aromatic heterocycles. The number of hydrogen-bond acceptors (Lipinski definition) is 2. The fourth-order valence-corrected chi connectivity index (χ4v) is 2.51. The first kappa shape index (κ1) is 8.95. The van der Waals surface area contributed by atoms with Gasteiger partial charge in [-0.05, 0) is 43.4 Å². The number of aryl methyl sites for hydroxylation is 1. The minimum Gasteiger partial charge on any atom is -0.398 e. The van der Waals surface area contributed by atoms with Gasteiger partial charge >= 0.3 is 0 Å². The molecule has 0 saturated heterocycles. The van der Waals surface area contributed by atoms with E-state index in [1.54, 1.807) is 0 Å². The summed E-state index contributed by atoms with van der Waals surface area (Å²) in [6, 6.07) is 6.25. The van der Waals surface area contributed by atoms with Crippen molar-refractivity contribution in [1.82, 2.24) is 0 Å². The van der Waals surface area contributed by atoms with E-state index in [9.17, 15) is 0 Å². The molecule has 2 heteroatoms. The van der Waals surface area contributed by atoms with Crippen molar-refractivity contribution in [1.29, 1.82) is 0 Å². The van der Waals surface area contributed by atoms with E-state index in [1.807, 2.05) is 17.8 Å². The standard InChI is InChI=1S/C11H15NS/c1-8-2-5-10(12)11(6-8)13-7-9-3-4-9/h2,5-6,9H,3-4,7,12H2,1H3. The van der Waals surface area contributed by atoms with Gasteiger partial charge in [-0.3, -0.25) is 0 Å². The lowest BCUT2D eigenvalue weighted by molar-refractivity contribution is 1.000. The first-order chi connectivity index (χ1) is 6.25. The van der Waals surface area contributed by atoms with E-state index >= 15 is 0 Å². The molecule has 13 heavy (non-hydrogen) atoms. The first-order valence-electron chi connectivity index (χ1n) is 4.74. The average Bonchev–Trinajstić information content (AvgIpc) is 2.90. The highest BCUT2D eigenvalue weighted by molar-refractivity contribution is 7.99. The summed E-state index contributed by atoms with van der Waals surface area (Å²) in [4.78, 5) is 1.26. The Hall–Kier alpha value is -0.630. The van der Waals surface area contributed by atoms with Crippen LogP contribution in [-0.2, 0) is 0 Å². The predicted octanol–water partition coefficient (Wildman–Crippen LogP) is 3.08. The van der Waals surface area contributed by atoms with E-state index in [1.165, 1.54) is 29.1 Å². The SMILES string of the molecule is Cc1ccc(N)c(SCC2CC2)c1. The van der Waals surface area contributed by atoms with Crippen LogP contribution >= 0.6 is 11.8 Å². The van der Waals surface area contributed by atoms with Crippen molar-refractivity contribution in [2.24, 2.45) is 5.92 Å². The fourth-order valence-electron chi connectivity index (χ4n) is 1.26. The van der Waals surface area contributed by atoms with Gasteiger partial charge < -0.3 is 5.73 Å². The monoisotopic (exact) mass is 193 g/mol. The highest BCUT2D eigenvalue weighted by Crippen LogP contribution is 2.36. The zero-order valence-corrected chi connectivity index (χ0v) is 8.73. The van der Waals surface area contributed by atoms with E-state index in [4.69, 9.17) is 5.73 Å². The highest BCUT2D eigenvalue weighted by atomic mass is 32.2. The number of hydrogen-bond donors (Lipinski definition) is 1. The molecule has 0 aliphatic heterocycles. The number of anilines is 1. The van der Waals surface area contributed by atoms with Gasteiger partial charge in [-0.1, -0.05) is 6.07 Å². The van der Waals surface area contributed by atoms with Crippen molar-refractivity contribution < 1.29 is 0 Å². The van der Waals surface area contributed by atoms with Crippen LogP contribution < -0.4 is 5.73 Å². The summed E-state index contributed by atoms with van der Waals surface area (Å²) in [5.74, 6) is 2.21. The molecule has 1 aromatic carbocycles. The second-order valence-corrected chi connectivity index (χ2v) is 4.86. The van der Waals surface area contributed by atoms with Crippen molar-refractivity contribution in [3.8, 4) is 0 Å². The minimum absolute atomic E-state index is 0.927. The molecule has 1 aliphatic rings. The van der Waals surface area contributed by atoms with Gasteiger partial charge in [0.2, 0.25) is 0 Å². The van der Waals surface area contributed by atoms with Crippen molar-refractivity contribution in [3.63, 3.8) is 0 Å². The Morgan fingerprint density at radius 3 is 2.92 bits per heavy atom. The quantitative estimate of drug-likeness (QED) is 0.589. The van der Waals surface area contributed by atoms with Gasteiger partial charge in [-0.25, -0.2) is 0 Å². The predicted molar refractivity (Wildman–Crippen MR) is 59.0 cm³/mol. The Balaban J connectivity index is 2.03. The number of nitrogens with two attached hydrogens (primary N) is 1. The average molecular weight is 193 g/mol. The van der Waals surface area contributed by atoms with Crippen LogP contribution in [0.3, 0.4) is 0 Å². The molecule has 0 heterocycles. The molecule has 1 saturated carbocycles. The fraction of sp³-hybridized carbons (Fsp3) is 0.455. The first-order valence-corrected chi connectivity index (χ1v) is 5.73. The van der Waals surface area contributed by atoms with Gasteiger partial charge in [-0.2, -0.15) is 0 Å². The molecule has 2 rings (SSSR count). The van der Waals surface area contributed by atoms with Gasteiger partial charge in [-0.15, -0.1) is 11.8 Å². The molecule has 70 valence electrons. The van der Waals surface area contributed by atoms with Gasteiger partial charge in [0.1, 0.15) is 0 Å². The van der Waals surface area contributed by atoms with Crippen LogP contribution in [0.15, 0.2) is 23.1 Å². The summed E-state index contributed by atoms with van der Waals surface area (Å²) < 4.78 is 0. The van der Waals surface area contributed by atoms with Gasteiger partial charge in [0, 0.05) is 16.3 Å². The van der Waals surface area contributed by atoms with Crippen molar-refractivity contribution in [2.75, 3.05) is 11.5 Å². The number of rotatable bonds is 3. The third kappa shape index (κ3) is 2.41. The second-order valence-electron chi connectivity index (χ2n) is 3.80. The largest absolute Gasteiger partial charge is 0.398 e. The van der Waals surface area contributed by atoms with Crippen LogP contribution in [-0.4, -0.2) is 5.75 Å². The summed E-state index contributed by atoms with van der Waals surface area (Å²) in [6.07, 6.45) is 2.83. The topological polar surface area (TPSA) is 26.0 Å². The molecular weight excluding hydrogens is 178 g/mol. The number of thioether (sulfide) groups is 1. The Morgan fingerprint density at radius 1 is 1.46 bits per heavy atom. The van der Waals surface area contributed by atoms with Crippen LogP contribution in [0.1, 0.15) is 18.4 Å². The molecule has 0 atom stereocenters. The smallest absolute Gasteiger partial charge is 0.0452 e. The van der Waals surface area contributed by atoms with Crippen LogP contribution in [0, 0.1) is 12.8 Å². The molecular formula is C11H15NS. The molecule has 0 radical (unpaired) electrons. The van der Waals surface area contributed by atoms with Crippen LogP contribution in [0.25, 0.3) is 0 Å². The third-order valence-corrected chi connectivity index (χ3v) is 3.64. The Labute approximate surface area is 83.7 Å². The third-order valence-electron chi connectivity index (χ3n) is 2.34. The van der Waals surface area contributed by atoms with Crippen molar-refractivity contribution in [2.45, 2.75) is 24.7 Å². The summed E-state index contributed by atoms with van der Waals surface area (Å²) in [7, 11) is 0. The zero-order valence-electron chi connectivity index (χ0n) is 7.92. The molecule has 0 unspecified atom stereocenters. The van der Waals surface area contributed by atoms with E-state index in [0.717, 1.165) is 11.6 Å². The molecule has 0 spiro atoms. The maximum Gasteiger partial charge on any atom is 0.0452 e. The molecule has 2 N–H and O–H groups in total. The summed E-state index contributed by atoms with van der Waals surface area (Å²) >= 11 is 1.91. The zero-order chi connectivity index (χ0) is 9.26. The molecule has 1 nitrogen and oxygen atoms in total. The molecule has 0 amide bonds. The van der Waals surface area contributed by atoms with Gasteiger partial charge in [0.15, 0.2) is 0 Å². The highest BCUT2D eigenvalue weighted by Gasteiger charge is 2.21. The Bertz CT molecular complexity index is 305. The maximum atomic E-state index is 5.88. The maximum absolute atomic E-state index is 5.88. The van der Waals surface area contributed by atoms with Crippen molar-refractivity contribution >= 4 is 17.4 Å². The second kappa shape index (κ2) is 3.62. The number of benzene rings is 1. The van der Waals surface area contributed by atoms with Crippen molar-refractivity contribution in [3.05, 3.63) is 23.8 Å². The Kier molecular flexibility index (Phi) is 2.49. The van der Waals surface area contributed by atoms with E-state index in [0.29, 0.717) is 0 Å². The van der Waals surface area contributed by atoms with E-state index in [-0.39, 0.29) is 0 Å². The lowest BCUT2D eigenvalue weighted by atomic mass is 10.2.